The van der Waals surface area contributed by atoms with Crippen molar-refractivity contribution in [2.24, 2.45) is 10.9 Å². The van der Waals surface area contributed by atoms with E-state index in [0.29, 0.717) is 18.5 Å². The van der Waals surface area contributed by atoms with Gasteiger partial charge in [-0.3, -0.25) is 4.99 Å². The van der Waals surface area contributed by atoms with Crippen LogP contribution in [0.2, 0.25) is 0 Å². The Balaban J connectivity index is 0.00000240. The zero-order valence-corrected chi connectivity index (χ0v) is 19.2. The Hall–Kier alpha value is -2.36. The first-order valence-corrected chi connectivity index (χ1v) is 9.76. The number of benzene rings is 1. The number of imidazole rings is 1. The third kappa shape index (κ3) is 4.98. The van der Waals surface area contributed by atoms with Crippen molar-refractivity contribution < 1.29 is 0 Å². The zero-order chi connectivity index (χ0) is 19.3. The summed E-state index contributed by atoms with van der Waals surface area (Å²) in [5, 5.41) is 7.97. The quantitative estimate of drug-likeness (QED) is 0.336. The number of hydrogen-bond acceptors (Lipinski definition) is 3. The fraction of sp³-hybridized carbons (Fsp3) is 0.381. The average molecular weight is 505 g/mol. The van der Waals surface area contributed by atoms with E-state index in [4.69, 9.17) is 0 Å². The topological polar surface area (TPSA) is 63.3 Å². The lowest BCUT2D eigenvalue weighted by Crippen LogP contribution is -2.48. The van der Waals surface area contributed by atoms with Crippen molar-refractivity contribution in [1.82, 2.24) is 29.5 Å². The predicted molar refractivity (Wildman–Crippen MR) is 126 cm³/mol. The van der Waals surface area contributed by atoms with Gasteiger partial charge >= 0.3 is 0 Å². The van der Waals surface area contributed by atoms with E-state index in [1.807, 2.05) is 60.8 Å². The molecule has 29 heavy (non-hydrogen) atoms. The van der Waals surface area contributed by atoms with Crippen molar-refractivity contribution >= 4 is 29.9 Å². The summed E-state index contributed by atoms with van der Waals surface area (Å²) in [7, 11) is 1.85. The monoisotopic (exact) mass is 505 g/mol. The molecule has 0 bridgehead atoms. The molecule has 3 aromatic rings. The first-order chi connectivity index (χ1) is 13.7. The maximum Gasteiger partial charge on any atom is 0.193 e. The number of para-hydroxylation sites is 1. The summed E-state index contributed by atoms with van der Waals surface area (Å²) >= 11 is 0. The van der Waals surface area contributed by atoms with Crippen molar-refractivity contribution in [2.45, 2.75) is 25.9 Å². The normalized spacial score (nSPS) is 19.7. The maximum absolute atomic E-state index is 4.51. The molecule has 7 nitrogen and oxygen atoms in total. The predicted octanol–water partition coefficient (Wildman–Crippen LogP) is 3.35. The Bertz CT molecular complexity index is 904. The Labute approximate surface area is 188 Å². The van der Waals surface area contributed by atoms with Crippen molar-refractivity contribution in [3.63, 3.8) is 0 Å². The summed E-state index contributed by atoms with van der Waals surface area (Å²) in [4.78, 5) is 11.1. The lowest BCUT2D eigenvalue weighted by atomic mass is 9.93. The van der Waals surface area contributed by atoms with Crippen LogP contribution in [-0.2, 0) is 6.54 Å². The molecule has 0 aliphatic carbocycles. The number of nitrogens with one attached hydrogen (secondary N) is 1. The highest BCUT2D eigenvalue weighted by Gasteiger charge is 2.28. The Morgan fingerprint density at radius 2 is 2.10 bits per heavy atom. The molecule has 0 amide bonds. The van der Waals surface area contributed by atoms with Gasteiger partial charge in [0.25, 0.3) is 0 Å². The molecular weight excluding hydrogens is 477 g/mol. The first-order valence-electron chi connectivity index (χ1n) is 9.76. The smallest absolute Gasteiger partial charge is 0.193 e. The lowest BCUT2D eigenvalue weighted by molar-refractivity contribution is 0.189. The number of guanidine groups is 1. The van der Waals surface area contributed by atoms with Crippen molar-refractivity contribution in [2.75, 3.05) is 20.1 Å². The van der Waals surface area contributed by atoms with Crippen LogP contribution < -0.4 is 5.32 Å². The molecule has 1 aliphatic rings. The Kier molecular flexibility index (Phi) is 7.29. The van der Waals surface area contributed by atoms with Gasteiger partial charge in [0.15, 0.2) is 5.96 Å². The summed E-state index contributed by atoms with van der Waals surface area (Å²) in [5.41, 5.74) is 2.19. The highest BCUT2D eigenvalue weighted by molar-refractivity contribution is 14.0. The molecule has 8 heteroatoms. The largest absolute Gasteiger partial charge is 0.352 e. The highest BCUT2D eigenvalue weighted by atomic mass is 127. The zero-order valence-electron chi connectivity index (χ0n) is 16.8. The molecule has 3 heterocycles. The number of hydrogen-bond donors (Lipinski definition) is 1. The fourth-order valence-electron chi connectivity index (χ4n) is 3.78. The van der Waals surface area contributed by atoms with Crippen LogP contribution in [0.25, 0.3) is 5.69 Å². The minimum Gasteiger partial charge on any atom is -0.352 e. The third-order valence-electron chi connectivity index (χ3n) is 5.45. The number of halogens is 1. The Morgan fingerprint density at radius 3 is 2.83 bits per heavy atom. The summed E-state index contributed by atoms with van der Waals surface area (Å²) in [6, 6.07) is 10.6. The molecule has 1 aromatic carbocycles. The van der Waals surface area contributed by atoms with E-state index in [9.17, 15) is 0 Å². The summed E-state index contributed by atoms with van der Waals surface area (Å²) < 4.78 is 4.12. The van der Waals surface area contributed by atoms with Crippen molar-refractivity contribution in [1.29, 1.82) is 0 Å². The van der Waals surface area contributed by atoms with Gasteiger partial charge in [0.1, 0.15) is 0 Å². The molecule has 4 rings (SSSR count). The molecule has 1 N–H and O–H groups in total. The van der Waals surface area contributed by atoms with Crippen LogP contribution in [0.5, 0.6) is 0 Å². The van der Waals surface area contributed by atoms with E-state index in [-0.39, 0.29) is 24.0 Å². The van der Waals surface area contributed by atoms with Gasteiger partial charge in [0.05, 0.1) is 24.3 Å². The average Bonchev–Trinajstić information content (AvgIpc) is 3.42. The van der Waals surface area contributed by atoms with Crippen molar-refractivity contribution in [3.05, 3.63) is 67.0 Å². The van der Waals surface area contributed by atoms with Gasteiger partial charge in [0.2, 0.25) is 0 Å². The molecule has 1 aliphatic heterocycles. The minimum absolute atomic E-state index is 0. The number of nitrogens with zero attached hydrogens (tertiary/aromatic N) is 6. The molecule has 2 atom stereocenters. The number of aromatic nitrogens is 4. The summed E-state index contributed by atoms with van der Waals surface area (Å²) in [6.45, 7) is 4.95. The van der Waals surface area contributed by atoms with Crippen molar-refractivity contribution in [3.8, 4) is 5.69 Å². The van der Waals surface area contributed by atoms with E-state index in [1.165, 1.54) is 0 Å². The number of rotatable bonds is 4. The van der Waals surface area contributed by atoms with E-state index in [2.05, 4.69) is 49.2 Å². The molecule has 1 fully saturated rings. The van der Waals surface area contributed by atoms with Gasteiger partial charge in [-0.15, -0.1) is 24.0 Å². The molecular formula is C21H28IN7. The van der Waals surface area contributed by atoms with Crippen LogP contribution in [0.15, 0.2) is 66.4 Å². The van der Waals surface area contributed by atoms with Gasteiger partial charge in [-0.25, -0.2) is 9.67 Å². The highest BCUT2D eigenvalue weighted by Crippen LogP contribution is 2.27. The van der Waals surface area contributed by atoms with Gasteiger partial charge in [0, 0.05) is 50.8 Å². The number of aliphatic imine (C=N–C) groups is 1. The number of piperidine rings is 1. The SMILES string of the molecule is CN=C(NCc1cnn(-c2ccccc2)c1)N1CCC(C)C(n2ccnc2)C1.I. The molecule has 0 saturated carbocycles. The van der Waals surface area contributed by atoms with E-state index < -0.39 is 0 Å². The Morgan fingerprint density at radius 1 is 1.28 bits per heavy atom. The van der Waals surface area contributed by atoms with E-state index in [1.54, 1.807) is 0 Å². The first kappa shape index (κ1) is 21.4. The van der Waals surface area contributed by atoms with Crippen LogP contribution >= 0.6 is 24.0 Å². The van der Waals surface area contributed by atoms with Crippen LogP contribution in [0.4, 0.5) is 0 Å². The second-order valence-corrected chi connectivity index (χ2v) is 7.32. The second kappa shape index (κ2) is 9.91. The summed E-state index contributed by atoms with van der Waals surface area (Å²) in [5.74, 6) is 1.55. The van der Waals surface area contributed by atoms with Crippen LogP contribution in [-0.4, -0.2) is 50.3 Å². The minimum atomic E-state index is 0. The van der Waals surface area contributed by atoms with E-state index >= 15 is 0 Å². The molecule has 0 spiro atoms. The third-order valence-corrected chi connectivity index (χ3v) is 5.45. The fourth-order valence-corrected chi connectivity index (χ4v) is 3.78. The maximum atomic E-state index is 4.51. The van der Waals surface area contributed by atoms with Gasteiger partial charge in [-0.05, 0) is 24.5 Å². The standard InChI is InChI=1S/C21H27N7.HI/c1-17-8-10-26(15-20(17)27-11-9-23-16-27)21(22-2)24-12-18-13-25-28(14-18)19-6-4-3-5-7-19;/h3-7,9,11,13-14,16-17,20H,8,10,12,15H2,1-2H3,(H,22,24);1H. The number of likely N-dealkylation sites (tertiary alicyclic amines) is 1. The molecule has 2 unspecified atom stereocenters. The van der Waals surface area contributed by atoms with Gasteiger partial charge in [-0.1, -0.05) is 25.1 Å². The summed E-state index contributed by atoms with van der Waals surface area (Å²) in [6.07, 6.45) is 10.9. The second-order valence-electron chi connectivity index (χ2n) is 7.32. The molecule has 1 saturated heterocycles. The lowest BCUT2D eigenvalue weighted by Gasteiger charge is -2.39. The van der Waals surface area contributed by atoms with Crippen LogP contribution in [0.3, 0.4) is 0 Å². The molecule has 2 aromatic heterocycles. The molecule has 154 valence electrons. The van der Waals surface area contributed by atoms with Crippen LogP contribution in [0.1, 0.15) is 24.9 Å². The molecule has 0 radical (unpaired) electrons. The van der Waals surface area contributed by atoms with E-state index in [0.717, 1.165) is 36.7 Å². The van der Waals surface area contributed by atoms with Crippen LogP contribution in [0, 0.1) is 5.92 Å². The van der Waals surface area contributed by atoms with Gasteiger partial charge in [-0.2, -0.15) is 5.10 Å². The van der Waals surface area contributed by atoms with Gasteiger partial charge < -0.3 is 14.8 Å².